The lowest BCUT2D eigenvalue weighted by Gasteiger charge is -2.27. The van der Waals surface area contributed by atoms with Crippen LogP contribution in [-0.4, -0.2) is 47.5 Å². The zero-order valence-electron chi connectivity index (χ0n) is 9.72. The van der Waals surface area contributed by atoms with E-state index in [0.717, 1.165) is 41.2 Å². The van der Waals surface area contributed by atoms with E-state index >= 15 is 0 Å². The number of fused-ring (bicyclic) bond motifs is 1. The highest BCUT2D eigenvalue weighted by Crippen LogP contribution is 2.34. The molecule has 0 bridgehead atoms. The number of rotatable bonds is 2. The largest absolute Gasteiger partial charge is 0.378 e. The molecule has 0 atom stereocenters. The van der Waals surface area contributed by atoms with Gasteiger partial charge < -0.3 is 9.64 Å². The Hall–Kier alpha value is -0.630. The van der Waals surface area contributed by atoms with Gasteiger partial charge in [-0.25, -0.2) is 4.98 Å². The summed E-state index contributed by atoms with van der Waals surface area (Å²) < 4.78 is 7.34. The minimum Gasteiger partial charge on any atom is -0.378 e. The van der Waals surface area contributed by atoms with Crippen molar-refractivity contribution in [3.63, 3.8) is 0 Å². The lowest BCUT2D eigenvalue weighted by atomic mass is 10.4. The molecule has 2 aromatic heterocycles. The van der Waals surface area contributed by atoms with Gasteiger partial charge in [-0.1, -0.05) is 11.8 Å². The van der Waals surface area contributed by atoms with Gasteiger partial charge in [0.25, 0.3) is 0 Å². The number of thiazole rings is 1. The van der Waals surface area contributed by atoms with Crippen LogP contribution < -0.4 is 4.90 Å². The van der Waals surface area contributed by atoms with E-state index < -0.39 is 0 Å². The van der Waals surface area contributed by atoms with E-state index in [2.05, 4.69) is 19.9 Å². The Bertz CT molecular complexity index is 570. The summed E-state index contributed by atoms with van der Waals surface area (Å²) in [5.41, 5.74) is 0.686. The monoisotopic (exact) mass is 302 g/mol. The fourth-order valence-corrected chi connectivity index (χ4v) is 3.52. The van der Waals surface area contributed by atoms with E-state index in [9.17, 15) is 0 Å². The highest BCUT2D eigenvalue weighted by Gasteiger charge is 2.19. The summed E-state index contributed by atoms with van der Waals surface area (Å²) >= 11 is 9.19. The third-order valence-electron chi connectivity index (χ3n) is 2.67. The number of anilines is 1. The van der Waals surface area contributed by atoms with Crippen LogP contribution >= 0.6 is 34.7 Å². The van der Waals surface area contributed by atoms with Crippen LogP contribution in [-0.2, 0) is 4.74 Å². The molecule has 0 radical (unpaired) electrons. The molecule has 0 aliphatic carbocycles. The van der Waals surface area contributed by atoms with Crippen molar-refractivity contribution >= 4 is 50.9 Å². The second-order valence-electron chi connectivity index (χ2n) is 3.75. The topological polar surface area (TPSA) is 51.1 Å². The first kappa shape index (κ1) is 12.4. The Kier molecular flexibility index (Phi) is 3.56. The summed E-state index contributed by atoms with van der Waals surface area (Å²) in [5.74, 6) is 0.881. The van der Waals surface area contributed by atoms with Crippen LogP contribution in [0.2, 0.25) is 5.28 Å². The van der Waals surface area contributed by atoms with Crippen LogP contribution in [0.15, 0.2) is 4.34 Å². The summed E-state index contributed by atoms with van der Waals surface area (Å²) in [5, 5.41) is 0.252. The molecule has 0 spiro atoms. The van der Waals surface area contributed by atoms with E-state index in [1.165, 1.54) is 0 Å². The molecule has 0 aromatic carbocycles. The van der Waals surface area contributed by atoms with Crippen LogP contribution in [0.5, 0.6) is 0 Å². The standard InChI is InChI=1S/C10H11ClN4OS2/c1-17-10-13-7-6(18-10)8(14-9(11)12-7)15-2-4-16-5-3-15/h2-5H2,1H3. The molecule has 0 amide bonds. The lowest BCUT2D eigenvalue weighted by Crippen LogP contribution is -2.36. The zero-order chi connectivity index (χ0) is 12.5. The van der Waals surface area contributed by atoms with Crippen molar-refractivity contribution < 1.29 is 4.74 Å². The van der Waals surface area contributed by atoms with Crippen LogP contribution in [0, 0.1) is 0 Å². The van der Waals surface area contributed by atoms with Crippen molar-refractivity contribution in [2.24, 2.45) is 0 Å². The van der Waals surface area contributed by atoms with Crippen LogP contribution in [0.25, 0.3) is 10.3 Å². The molecule has 3 heterocycles. The van der Waals surface area contributed by atoms with Gasteiger partial charge in [-0.3, -0.25) is 0 Å². The summed E-state index contributed by atoms with van der Waals surface area (Å²) in [7, 11) is 0. The normalized spacial score (nSPS) is 16.4. The molecule has 0 unspecified atom stereocenters. The second kappa shape index (κ2) is 5.16. The number of morpholine rings is 1. The van der Waals surface area contributed by atoms with Gasteiger partial charge in [0.2, 0.25) is 5.28 Å². The number of halogens is 1. The highest BCUT2D eigenvalue weighted by molar-refractivity contribution is 8.00. The Morgan fingerprint density at radius 3 is 2.78 bits per heavy atom. The van der Waals surface area contributed by atoms with Crippen molar-refractivity contribution in [2.75, 3.05) is 37.5 Å². The maximum absolute atomic E-state index is 5.97. The van der Waals surface area contributed by atoms with Gasteiger partial charge >= 0.3 is 0 Å². The Morgan fingerprint density at radius 2 is 2.06 bits per heavy atom. The SMILES string of the molecule is CSc1nc2nc(Cl)nc(N3CCOCC3)c2s1. The Balaban J connectivity index is 2.10. The number of hydrogen-bond acceptors (Lipinski definition) is 7. The number of thioether (sulfide) groups is 1. The first-order chi connectivity index (χ1) is 8.78. The average Bonchev–Trinajstić information content (AvgIpc) is 2.81. The third-order valence-corrected chi connectivity index (χ3v) is 4.87. The van der Waals surface area contributed by atoms with Crippen LogP contribution in [0.4, 0.5) is 5.82 Å². The van der Waals surface area contributed by atoms with Gasteiger partial charge in [0.05, 0.1) is 13.2 Å². The average molecular weight is 303 g/mol. The van der Waals surface area contributed by atoms with Crippen LogP contribution in [0.1, 0.15) is 0 Å². The second-order valence-corrected chi connectivity index (χ2v) is 6.14. The molecule has 18 heavy (non-hydrogen) atoms. The lowest BCUT2D eigenvalue weighted by molar-refractivity contribution is 0.122. The van der Waals surface area contributed by atoms with E-state index in [1.807, 2.05) is 6.26 Å². The molecular weight excluding hydrogens is 292 g/mol. The number of aromatic nitrogens is 3. The molecular formula is C10H11ClN4OS2. The first-order valence-corrected chi connectivity index (χ1v) is 7.90. The quantitative estimate of drug-likeness (QED) is 0.627. The molecule has 96 valence electrons. The Labute approximate surface area is 118 Å². The maximum atomic E-state index is 5.97. The van der Waals surface area contributed by atoms with Crippen LogP contribution in [0.3, 0.4) is 0 Å². The van der Waals surface area contributed by atoms with Gasteiger partial charge in [-0.2, -0.15) is 9.97 Å². The summed E-state index contributed by atoms with van der Waals surface area (Å²) in [4.78, 5) is 15.2. The summed E-state index contributed by atoms with van der Waals surface area (Å²) in [6.45, 7) is 3.10. The molecule has 1 aliphatic heterocycles. The number of hydrogen-bond donors (Lipinski definition) is 0. The molecule has 3 rings (SSSR count). The van der Waals surface area contributed by atoms with Gasteiger partial charge in [-0.05, 0) is 17.9 Å². The minimum absolute atomic E-state index is 0.252. The van der Waals surface area contributed by atoms with Gasteiger partial charge in [0.1, 0.15) is 4.70 Å². The van der Waals surface area contributed by atoms with E-state index in [1.54, 1.807) is 23.1 Å². The third kappa shape index (κ3) is 2.27. The first-order valence-electron chi connectivity index (χ1n) is 5.48. The highest BCUT2D eigenvalue weighted by atomic mass is 35.5. The van der Waals surface area contributed by atoms with E-state index in [0.29, 0.717) is 5.65 Å². The summed E-state index contributed by atoms with van der Waals surface area (Å²) in [6, 6.07) is 0. The smallest absolute Gasteiger partial charge is 0.226 e. The van der Waals surface area contributed by atoms with E-state index in [-0.39, 0.29) is 5.28 Å². The molecule has 5 nitrogen and oxygen atoms in total. The van der Waals surface area contributed by atoms with Crippen molar-refractivity contribution in [1.82, 2.24) is 15.0 Å². The maximum Gasteiger partial charge on any atom is 0.226 e. The fourth-order valence-electron chi connectivity index (χ4n) is 1.84. The Morgan fingerprint density at radius 1 is 1.28 bits per heavy atom. The van der Waals surface area contributed by atoms with Crippen molar-refractivity contribution in [3.8, 4) is 0 Å². The van der Waals surface area contributed by atoms with Crippen molar-refractivity contribution in [2.45, 2.75) is 4.34 Å². The van der Waals surface area contributed by atoms with E-state index in [4.69, 9.17) is 16.3 Å². The molecule has 1 aliphatic rings. The van der Waals surface area contributed by atoms with Crippen molar-refractivity contribution in [1.29, 1.82) is 0 Å². The predicted molar refractivity (Wildman–Crippen MR) is 75.0 cm³/mol. The molecule has 0 saturated carbocycles. The summed E-state index contributed by atoms with van der Waals surface area (Å²) in [6.07, 6.45) is 2.00. The van der Waals surface area contributed by atoms with Gasteiger partial charge in [0, 0.05) is 13.1 Å². The molecule has 1 saturated heterocycles. The van der Waals surface area contributed by atoms with Gasteiger partial charge in [-0.15, -0.1) is 11.3 Å². The minimum atomic E-state index is 0.252. The predicted octanol–water partition coefficient (Wildman–Crippen LogP) is 2.30. The molecule has 2 aromatic rings. The number of nitrogens with zero attached hydrogens (tertiary/aromatic N) is 4. The van der Waals surface area contributed by atoms with Crippen molar-refractivity contribution in [3.05, 3.63) is 5.28 Å². The molecule has 0 N–H and O–H groups in total. The molecule has 8 heteroatoms. The molecule has 1 fully saturated rings. The zero-order valence-corrected chi connectivity index (χ0v) is 12.1. The fraction of sp³-hybridized carbons (Fsp3) is 0.500. The number of ether oxygens (including phenoxy) is 1. The van der Waals surface area contributed by atoms with Gasteiger partial charge in [0.15, 0.2) is 15.8 Å².